The van der Waals surface area contributed by atoms with Gasteiger partial charge in [0.25, 0.3) is 5.56 Å². The highest BCUT2D eigenvalue weighted by molar-refractivity contribution is 5.78. The van der Waals surface area contributed by atoms with Crippen molar-refractivity contribution in [2.45, 2.75) is 32.6 Å². The predicted octanol–water partition coefficient (Wildman–Crippen LogP) is 2.55. The Morgan fingerprint density at radius 3 is 2.71 bits per heavy atom. The maximum Gasteiger partial charge on any atom is 0.265 e. The fourth-order valence-corrected chi connectivity index (χ4v) is 3.81. The van der Waals surface area contributed by atoms with E-state index in [0.29, 0.717) is 53.8 Å². The number of aromatic nitrogens is 4. The zero-order chi connectivity index (χ0) is 24.1. The summed E-state index contributed by atoms with van der Waals surface area (Å²) in [6, 6.07) is 16.9. The molecule has 0 aliphatic heterocycles. The molecule has 34 heavy (non-hydrogen) atoms. The van der Waals surface area contributed by atoms with Gasteiger partial charge in [-0.15, -0.1) is 0 Å². The minimum Gasteiger partial charge on any atom is -0.381 e. The largest absolute Gasteiger partial charge is 0.381 e. The van der Waals surface area contributed by atoms with Crippen LogP contribution >= 0.6 is 0 Å². The first-order valence-corrected chi connectivity index (χ1v) is 11.0. The van der Waals surface area contributed by atoms with Crippen molar-refractivity contribution in [2.75, 3.05) is 12.3 Å². The number of nitriles is 1. The van der Waals surface area contributed by atoms with Crippen LogP contribution in [0.25, 0.3) is 16.6 Å². The molecule has 0 aliphatic carbocycles. The number of anilines is 1. The van der Waals surface area contributed by atoms with Gasteiger partial charge >= 0.3 is 0 Å². The molecule has 2 aromatic carbocycles. The molecule has 2 aromatic heterocycles. The number of aromatic amines is 1. The van der Waals surface area contributed by atoms with Gasteiger partial charge in [-0.05, 0) is 44.0 Å². The van der Waals surface area contributed by atoms with Gasteiger partial charge in [0.2, 0.25) is 5.91 Å². The van der Waals surface area contributed by atoms with Crippen molar-refractivity contribution >= 4 is 22.6 Å². The van der Waals surface area contributed by atoms with Crippen LogP contribution in [-0.4, -0.2) is 32.2 Å². The van der Waals surface area contributed by atoms with Crippen molar-refractivity contribution < 1.29 is 4.79 Å². The van der Waals surface area contributed by atoms with Gasteiger partial charge in [-0.25, -0.2) is 4.98 Å². The number of benzene rings is 2. The molecule has 0 fully saturated rings. The molecule has 0 spiro atoms. The number of nitrogens with zero attached hydrogens (tertiary/aromatic N) is 4. The van der Waals surface area contributed by atoms with Crippen molar-refractivity contribution in [1.29, 1.82) is 5.26 Å². The summed E-state index contributed by atoms with van der Waals surface area (Å²) in [4.78, 5) is 30.4. The number of hydrogen-bond acceptors (Lipinski definition) is 6. The summed E-state index contributed by atoms with van der Waals surface area (Å²) < 4.78 is 1.58. The average molecular weight is 456 g/mol. The van der Waals surface area contributed by atoms with Crippen LogP contribution < -0.4 is 16.6 Å². The Morgan fingerprint density at radius 2 is 1.94 bits per heavy atom. The maximum atomic E-state index is 13.3. The predicted molar refractivity (Wildman–Crippen MR) is 129 cm³/mol. The van der Waals surface area contributed by atoms with Crippen molar-refractivity contribution in [3.8, 4) is 11.8 Å². The molecule has 4 rings (SSSR count). The lowest BCUT2D eigenvalue weighted by Gasteiger charge is -2.14. The molecule has 0 radical (unpaired) electrons. The lowest BCUT2D eigenvalue weighted by molar-refractivity contribution is -0.121. The van der Waals surface area contributed by atoms with E-state index in [1.807, 2.05) is 49.4 Å². The summed E-state index contributed by atoms with van der Waals surface area (Å²) in [5.41, 5.74) is 8.92. The maximum absolute atomic E-state index is 13.3. The summed E-state index contributed by atoms with van der Waals surface area (Å²) in [6.07, 6.45) is 1.68. The number of para-hydroxylation sites is 1. The Kier molecular flexibility index (Phi) is 6.69. The first kappa shape index (κ1) is 22.7. The summed E-state index contributed by atoms with van der Waals surface area (Å²) >= 11 is 0. The molecule has 0 saturated heterocycles. The van der Waals surface area contributed by atoms with Gasteiger partial charge in [0, 0.05) is 19.4 Å². The lowest BCUT2D eigenvalue weighted by Crippen LogP contribution is -2.28. The summed E-state index contributed by atoms with van der Waals surface area (Å²) in [5.74, 6) is 0.584. The average Bonchev–Trinajstić information content (AvgIpc) is 3.20. The van der Waals surface area contributed by atoms with Gasteiger partial charge in [-0.3, -0.25) is 19.3 Å². The molecule has 0 unspecified atom stereocenters. The van der Waals surface area contributed by atoms with E-state index in [2.05, 4.69) is 15.5 Å². The minimum absolute atomic E-state index is 0.137. The van der Waals surface area contributed by atoms with Gasteiger partial charge < -0.3 is 11.1 Å². The van der Waals surface area contributed by atoms with Crippen LogP contribution in [0.15, 0.2) is 53.3 Å². The van der Waals surface area contributed by atoms with Crippen molar-refractivity contribution in [1.82, 2.24) is 25.1 Å². The minimum atomic E-state index is -0.156. The van der Waals surface area contributed by atoms with Gasteiger partial charge in [-0.1, -0.05) is 29.8 Å². The molecular weight excluding hydrogens is 430 g/mol. The van der Waals surface area contributed by atoms with Crippen LogP contribution in [0, 0.1) is 18.3 Å². The van der Waals surface area contributed by atoms with E-state index in [0.717, 1.165) is 11.3 Å². The molecule has 0 saturated carbocycles. The standard InChI is InChI=1S/C25H25N7O2/c1-16-8-10-17(11-9-16)32-22(29-20-6-3-2-5-18(20)25(32)34)12-13-23(33)28-14-4-7-21-19(15-26)24(27)31-30-21/h2-3,5-6,8-11H,4,7,12-14H2,1H3,(H,28,33)(H3,27,30,31). The van der Waals surface area contributed by atoms with E-state index in [4.69, 9.17) is 16.0 Å². The number of nitrogen functional groups attached to an aromatic ring is 1. The van der Waals surface area contributed by atoms with Gasteiger partial charge in [0.1, 0.15) is 17.5 Å². The second-order valence-electron chi connectivity index (χ2n) is 8.05. The fourth-order valence-electron chi connectivity index (χ4n) is 3.81. The number of rotatable bonds is 8. The van der Waals surface area contributed by atoms with Crippen molar-refractivity contribution in [2.24, 2.45) is 0 Å². The Morgan fingerprint density at radius 1 is 1.18 bits per heavy atom. The number of aryl methyl sites for hydroxylation is 3. The number of hydrogen-bond donors (Lipinski definition) is 3. The molecule has 9 nitrogen and oxygen atoms in total. The molecule has 172 valence electrons. The highest BCUT2D eigenvalue weighted by Crippen LogP contribution is 2.15. The molecule has 4 aromatic rings. The van der Waals surface area contributed by atoms with Crippen LogP contribution in [0.4, 0.5) is 5.82 Å². The van der Waals surface area contributed by atoms with Crippen LogP contribution in [-0.2, 0) is 17.6 Å². The van der Waals surface area contributed by atoms with Gasteiger partial charge in [-0.2, -0.15) is 10.4 Å². The first-order valence-electron chi connectivity index (χ1n) is 11.0. The number of nitrogens with one attached hydrogen (secondary N) is 2. The zero-order valence-corrected chi connectivity index (χ0v) is 18.8. The molecule has 0 bridgehead atoms. The topological polar surface area (TPSA) is 142 Å². The molecule has 9 heteroatoms. The number of carbonyl (C=O) groups is 1. The fraction of sp³-hybridized carbons (Fsp3) is 0.240. The van der Waals surface area contributed by atoms with Gasteiger partial charge in [0.15, 0.2) is 5.82 Å². The Hall–Kier alpha value is -4.45. The Labute approximate surface area is 196 Å². The third kappa shape index (κ3) is 4.81. The Bertz CT molecular complexity index is 1430. The lowest BCUT2D eigenvalue weighted by atomic mass is 10.1. The van der Waals surface area contributed by atoms with E-state index >= 15 is 0 Å². The highest BCUT2D eigenvalue weighted by Gasteiger charge is 2.14. The van der Waals surface area contributed by atoms with Crippen LogP contribution in [0.1, 0.15) is 35.5 Å². The Balaban J connectivity index is 1.44. The third-order valence-corrected chi connectivity index (χ3v) is 5.62. The molecule has 0 atom stereocenters. The van der Waals surface area contributed by atoms with Crippen LogP contribution in [0.3, 0.4) is 0 Å². The van der Waals surface area contributed by atoms with Crippen molar-refractivity contribution in [3.05, 3.63) is 81.5 Å². The molecule has 1 amide bonds. The highest BCUT2D eigenvalue weighted by atomic mass is 16.1. The number of nitrogens with two attached hydrogens (primary N) is 1. The molecule has 2 heterocycles. The van der Waals surface area contributed by atoms with Crippen LogP contribution in [0.5, 0.6) is 0 Å². The van der Waals surface area contributed by atoms with Crippen LogP contribution in [0.2, 0.25) is 0 Å². The first-order chi connectivity index (χ1) is 16.5. The zero-order valence-electron chi connectivity index (χ0n) is 18.8. The number of fused-ring (bicyclic) bond motifs is 1. The number of amides is 1. The normalized spacial score (nSPS) is 10.8. The third-order valence-electron chi connectivity index (χ3n) is 5.62. The van der Waals surface area contributed by atoms with E-state index in [-0.39, 0.29) is 23.7 Å². The van der Waals surface area contributed by atoms with E-state index in [1.54, 1.807) is 16.7 Å². The van der Waals surface area contributed by atoms with E-state index < -0.39 is 0 Å². The monoisotopic (exact) mass is 455 g/mol. The quantitative estimate of drug-likeness (QED) is 0.349. The summed E-state index contributed by atoms with van der Waals surface area (Å²) in [6.45, 7) is 2.43. The van der Waals surface area contributed by atoms with Gasteiger partial charge in [0.05, 0.1) is 22.3 Å². The summed E-state index contributed by atoms with van der Waals surface area (Å²) in [5, 5.41) is 19.1. The van der Waals surface area contributed by atoms with Crippen molar-refractivity contribution in [3.63, 3.8) is 0 Å². The molecular formula is C25H25N7O2. The summed E-state index contributed by atoms with van der Waals surface area (Å²) in [7, 11) is 0. The second-order valence-corrected chi connectivity index (χ2v) is 8.05. The van der Waals surface area contributed by atoms with E-state index in [1.165, 1.54) is 0 Å². The number of carbonyl (C=O) groups excluding carboxylic acids is 1. The molecule has 0 aliphatic rings. The number of H-pyrrole nitrogens is 1. The molecule has 4 N–H and O–H groups in total. The smallest absolute Gasteiger partial charge is 0.265 e. The SMILES string of the molecule is Cc1ccc(-n2c(CCC(=O)NCCCc3[nH]nc(N)c3C#N)nc3ccccc3c2=O)cc1. The van der Waals surface area contributed by atoms with E-state index in [9.17, 15) is 9.59 Å². The second kappa shape index (κ2) is 10.0.